The van der Waals surface area contributed by atoms with E-state index >= 15 is 0 Å². The smallest absolute Gasteiger partial charge is 0.260 e. The van der Waals surface area contributed by atoms with Gasteiger partial charge < -0.3 is 9.88 Å². The van der Waals surface area contributed by atoms with Crippen LogP contribution in [-0.4, -0.2) is 48.9 Å². The number of sulfonamides is 1. The molecule has 0 amide bonds. The Bertz CT molecular complexity index is 1320. The summed E-state index contributed by atoms with van der Waals surface area (Å²) in [7, 11) is -3.48. The molecule has 2 N–H and O–H groups in total. The molecule has 2 aromatic heterocycles. The number of piperazine rings is 1. The number of nitrogens with zero attached hydrogens (tertiary/aromatic N) is 2. The van der Waals surface area contributed by atoms with Crippen molar-refractivity contribution in [2.75, 3.05) is 26.2 Å². The Hall–Kier alpha value is -2.07. The van der Waals surface area contributed by atoms with Crippen molar-refractivity contribution in [1.82, 2.24) is 14.3 Å². The van der Waals surface area contributed by atoms with E-state index in [2.05, 4.69) is 4.98 Å². The maximum atomic E-state index is 13.0. The number of nitrogens with one attached hydrogen (secondary N) is 2. The Morgan fingerprint density at radius 3 is 2.68 bits per heavy atom. The SMILES string of the molecule is Cc1ccc(S(=O)(=O)N2CC[NH+](Cc3nc4sc5c(c4c(=O)[nH]3)CCC5)CC2)cc1C. The summed E-state index contributed by atoms with van der Waals surface area (Å²) < 4.78 is 27.6. The summed E-state index contributed by atoms with van der Waals surface area (Å²) in [4.78, 5) is 24.1. The van der Waals surface area contributed by atoms with Gasteiger partial charge in [0, 0.05) is 4.88 Å². The number of hydrogen-bond acceptors (Lipinski definition) is 5. The maximum absolute atomic E-state index is 13.0. The van der Waals surface area contributed by atoms with Crippen LogP contribution in [0.1, 0.15) is 33.8 Å². The Kier molecular flexibility index (Phi) is 5.24. The Morgan fingerprint density at radius 1 is 1.16 bits per heavy atom. The summed E-state index contributed by atoms with van der Waals surface area (Å²) in [6, 6.07) is 5.31. The largest absolute Gasteiger partial charge is 0.326 e. The predicted molar refractivity (Wildman–Crippen MR) is 121 cm³/mol. The summed E-state index contributed by atoms with van der Waals surface area (Å²) in [5.41, 5.74) is 3.23. The van der Waals surface area contributed by atoms with E-state index in [1.54, 1.807) is 27.8 Å². The second-order valence-corrected chi connectivity index (χ2v) is 11.6. The molecule has 0 radical (unpaired) electrons. The summed E-state index contributed by atoms with van der Waals surface area (Å²) >= 11 is 1.65. The van der Waals surface area contributed by atoms with Gasteiger partial charge in [0.25, 0.3) is 5.56 Å². The number of H-pyrrole nitrogens is 1. The number of benzene rings is 1. The van der Waals surface area contributed by atoms with E-state index < -0.39 is 10.0 Å². The first kappa shape index (κ1) is 20.8. The number of quaternary nitrogens is 1. The first-order valence-electron chi connectivity index (χ1n) is 10.8. The lowest BCUT2D eigenvalue weighted by Gasteiger charge is -2.31. The molecular weight excluding hydrogens is 432 g/mol. The van der Waals surface area contributed by atoms with Crippen LogP contribution in [0.4, 0.5) is 0 Å². The van der Waals surface area contributed by atoms with Crippen LogP contribution in [0.2, 0.25) is 0 Å². The van der Waals surface area contributed by atoms with Gasteiger partial charge in [0.15, 0.2) is 5.82 Å². The zero-order valence-electron chi connectivity index (χ0n) is 17.8. The van der Waals surface area contributed by atoms with Gasteiger partial charge in [0.05, 0.1) is 36.5 Å². The minimum absolute atomic E-state index is 0.0326. The second kappa shape index (κ2) is 7.81. The average Bonchev–Trinajstić information content (AvgIpc) is 3.31. The van der Waals surface area contributed by atoms with Crippen LogP contribution in [0, 0.1) is 13.8 Å². The van der Waals surface area contributed by atoms with Gasteiger partial charge >= 0.3 is 0 Å². The molecule has 1 fully saturated rings. The van der Waals surface area contributed by atoms with Crippen LogP contribution in [0.5, 0.6) is 0 Å². The van der Waals surface area contributed by atoms with Crippen LogP contribution in [0.15, 0.2) is 27.9 Å². The molecule has 1 aliphatic heterocycles. The quantitative estimate of drug-likeness (QED) is 0.613. The lowest BCUT2D eigenvalue weighted by Crippen LogP contribution is -3.13. The van der Waals surface area contributed by atoms with Crippen molar-refractivity contribution >= 4 is 31.6 Å². The molecule has 1 saturated heterocycles. The number of hydrogen-bond donors (Lipinski definition) is 2. The minimum atomic E-state index is -3.48. The molecular formula is C22H27N4O3S2+. The molecule has 7 nitrogen and oxygen atoms in total. The molecule has 0 unspecified atom stereocenters. The molecule has 5 rings (SSSR count). The summed E-state index contributed by atoms with van der Waals surface area (Å²) in [6.45, 7) is 6.82. The van der Waals surface area contributed by atoms with Gasteiger partial charge in [-0.1, -0.05) is 6.07 Å². The highest BCUT2D eigenvalue weighted by atomic mass is 32.2. The average molecular weight is 460 g/mol. The number of fused-ring (bicyclic) bond motifs is 3. The van der Waals surface area contributed by atoms with E-state index in [1.807, 2.05) is 19.9 Å². The van der Waals surface area contributed by atoms with Crippen molar-refractivity contribution in [2.45, 2.75) is 44.6 Å². The van der Waals surface area contributed by atoms with Gasteiger partial charge in [-0.2, -0.15) is 4.31 Å². The molecule has 1 aliphatic carbocycles. The van der Waals surface area contributed by atoms with Crippen LogP contribution in [0.25, 0.3) is 10.2 Å². The van der Waals surface area contributed by atoms with Crippen LogP contribution < -0.4 is 10.5 Å². The third-order valence-electron chi connectivity index (χ3n) is 6.59. The summed E-state index contributed by atoms with van der Waals surface area (Å²) in [5, 5.41) is 0.778. The lowest BCUT2D eigenvalue weighted by atomic mass is 10.1. The second-order valence-electron chi connectivity index (χ2n) is 8.63. The minimum Gasteiger partial charge on any atom is -0.326 e. The van der Waals surface area contributed by atoms with E-state index in [1.165, 1.54) is 15.3 Å². The van der Waals surface area contributed by atoms with Gasteiger partial charge in [-0.15, -0.1) is 11.3 Å². The van der Waals surface area contributed by atoms with E-state index in [0.29, 0.717) is 43.4 Å². The molecule has 0 spiro atoms. The van der Waals surface area contributed by atoms with E-state index in [-0.39, 0.29) is 5.56 Å². The monoisotopic (exact) mass is 459 g/mol. The van der Waals surface area contributed by atoms with Crippen LogP contribution >= 0.6 is 11.3 Å². The highest BCUT2D eigenvalue weighted by molar-refractivity contribution is 7.89. The first-order valence-corrected chi connectivity index (χ1v) is 13.0. The van der Waals surface area contributed by atoms with Gasteiger partial charge in [0.1, 0.15) is 11.4 Å². The zero-order valence-corrected chi connectivity index (χ0v) is 19.5. The van der Waals surface area contributed by atoms with Crippen LogP contribution in [0.3, 0.4) is 0 Å². The number of thiophene rings is 1. The third-order valence-corrected chi connectivity index (χ3v) is 9.67. The fourth-order valence-electron chi connectivity index (χ4n) is 4.61. The Balaban J connectivity index is 1.29. The molecule has 0 atom stereocenters. The number of aryl methyl sites for hydroxylation is 4. The molecule has 1 aromatic carbocycles. The van der Waals surface area contributed by atoms with Crippen molar-refractivity contribution in [3.8, 4) is 0 Å². The number of aromatic nitrogens is 2. The van der Waals surface area contributed by atoms with E-state index in [9.17, 15) is 13.2 Å². The van der Waals surface area contributed by atoms with Crippen molar-refractivity contribution in [1.29, 1.82) is 0 Å². The number of aromatic amines is 1. The van der Waals surface area contributed by atoms with Crippen molar-refractivity contribution in [3.63, 3.8) is 0 Å². The molecule has 164 valence electrons. The topological polar surface area (TPSA) is 87.6 Å². The third kappa shape index (κ3) is 3.73. The standard InChI is InChI=1S/C22H26N4O3S2/c1-14-6-7-16(12-15(14)2)31(28,29)26-10-8-25(9-11-26)13-19-23-21(27)20-17-4-3-5-18(17)30-22(20)24-19/h6-7,12H,3-5,8-11,13H2,1-2H3,(H,23,24,27)/p+1. The fraction of sp³-hybridized carbons (Fsp3) is 0.455. The molecule has 31 heavy (non-hydrogen) atoms. The molecule has 2 aliphatic rings. The first-order chi connectivity index (χ1) is 14.8. The van der Waals surface area contributed by atoms with Gasteiger partial charge in [0.2, 0.25) is 10.0 Å². The summed E-state index contributed by atoms with van der Waals surface area (Å²) in [5.74, 6) is 0.692. The van der Waals surface area contributed by atoms with Crippen LogP contribution in [-0.2, 0) is 29.4 Å². The van der Waals surface area contributed by atoms with Gasteiger partial charge in [-0.05, 0) is 61.9 Å². The molecule has 3 aromatic rings. The van der Waals surface area contributed by atoms with Gasteiger partial charge in [-0.25, -0.2) is 13.4 Å². The molecule has 3 heterocycles. The van der Waals surface area contributed by atoms with Crippen molar-refractivity contribution < 1.29 is 13.3 Å². The van der Waals surface area contributed by atoms with E-state index in [4.69, 9.17) is 4.98 Å². The highest BCUT2D eigenvalue weighted by Crippen LogP contribution is 2.34. The fourth-order valence-corrected chi connectivity index (χ4v) is 7.42. The molecule has 0 bridgehead atoms. The van der Waals surface area contributed by atoms with Gasteiger partial charge in [-0.3, -0.25) is 4.79 Å². The maximum Gasteiger partial charge on any atom is 0.260 e. The summed E-state index contributed by atoms with van der Waals surface area (Å²) in [6.07, 6.45) is 3.15. The Morgan fingerprint density at radius 2 is 1.94 bits per heavy atom. The number of rotatable bonds is 4. The molecule has 0 saturated carbocycles. The Labute approximate surface area is 185 Å². The van der Waals surface area contributed by atoms with Crippen molar-refractivity contribution in [2.24, 2.45) is 0 Å². The van der Waals surface area contributed by atoms with Crippen molar-refractivity contribution in [3.05, 3.63) is 55.9 Å². The van der Waals surface area contributed by atoms with E-state index in [0.717, 1.165) is 40.6 Å². The highest BCUT2D eigenvalue weighted by Gasteiger charge is 2.31. The molecule has 9 heteroatoms. The predicted octanol–water partition coefficient (Wildman–Crippen LogP) is 1.18. The zero-order chi connectivity index (χ0) is 21.8. The normalized spacial score (nSPS) is 18.0. The lowest BCUT2D eigenvalue weighted by molar-refractivity contribution is -0.917.